The van der Waals surface area contributed by atoms with Crippen molar-refractivity contribution in [3.63, 3.8) is 0 Å². The second-order valence-electron chi connectivity index (χ2n) is 8.04. The number of methoxy groups -OCH3 is 1. The molecule has 0 spiro atoms. The summed E-state index contributed by atoms with van der Waals surface area (Å²) in [5.74, 6) is 1.47. The van der Waals surface area contributed by atoms with Crippen LogP contribution in [0.2, 0.25) is 0 Å². The highest BCUT2D eigenvalue weighted by Crippen LogP contribution is 2.36. The van der Waals surface area contributed by atoms with Gasteiger partial charge in [0.05, 0.1) is 13.2 Å². The lowest BCUT2D eigenvalue weighted by Gasteiger charge is -2.39. The molecular weight excluding hydrogens is 533 g/mol. The van der Waals surface area contributed by atoms with E-state index in [4.69, 9.17) is 9.73 Å². The number of thiophene rings is 1. The Hall–Kier alpha value is -1.36. The van der Waals surface area contributed by atoms with Crippen molar-refractivity contribution >= 4 is 47.0 Å². The molecular formula is C24H38IN5OS. The molecule has 178 valence electrons. The second-order valence-corrected chi connectivity index (χ2v) is 9.02. The number of hydrogen-bond acceptors (Lipinski definition) is 5. The van der Waals surface area contributed by atoms with E-state index in [-0.39, 0.29) is 24.0 Å². The Kier molecular flexibility index (Phi) is 12.4. The molecule has 0 aliphatic carbocycles. The Morgan fingerprint density at radius 1 is 1.22 bits per heavy atom. The number of likely N-dealkylation sites (tertiary alicyclic amines) is 1. The van der Waals surface area contributed by atoms with E-state index in [0.717, 1.165) is 31.3 Å². The fourth-order valence-corrected chi connectivity index (χ4v) is 5.13. The van der Waals surface area contributed by atoms with Crippen molar-refractivity contribution in [1.82, 2.24) is 15.5 Å². The summed E-state index contributed by atoms with van der Waals surface area (Å²) in [5, 5.41) is 12.5. The van der Waals surface area contributed by atoms with Gasteiger partial charge in [-0.05, 0) is 68.4 Å². The van der Waals surface area contributed by atoms with Gasteiger partial charge in [0.1, 0.15) is 0 Å². The van der Waals surface area contributed by atoms with Crippen molar-refractivity contribution in [2.45, 2.75) is 32.4 Å². The molecule has 8 heteroatoms. The molecule has 2 atom stereocenters. The summed E-state index contributed by atoms with van der Waals surface area (Å²) in [7, 11) is 3.97. The van der Waals surface area contributed by atoms with Gasteiger partial charge in [-0.2, -0.15) is 0 Å². The number of nitrogens with one attached hydrogen (secondary N) is 3. The number of benzene rings is 1. The lowest BCUT2D eigenvalue weighted by molar-refractivity contribution is 0.125. The number of anilines is 1. The highest BCUT2D eigenvalue weighted by atomic mass is 127. The van der Waals surface area contributed by atoms with Crippen molar-refractivity contribution < 1.29 is 4.74 Å². The third kappa shape index (κ3) is 8.20. The van der Waals surface area contributed by atoms with E-state index in [1.165, 1.54) is 29.8 Å². The van der Waals surface area contributed by atoms with Gasteiger partial charge in [0, 0.05) is 43.4 Å². The van der Waals surface area contributed by atoms with Crippen LogP contribution < -0.4 is 16.0 Å². The van der Waals surface area contributed by atoms with Gasteiger partial charge in [-0.15, -0.1) is 35.3 Å². The SMILES string of the molecule is CCNC(=NCc1ccc(NCCOC)cc1)NCC1CCCN(C)C1c1cccs1.I. The second kappa shape index (κ2) is 14.7. The van der Waals surface area contributed by atoms with E-state index >= 15 is 0 Å². The molecule has 32 heavy (non-hydrogen) atoms. The quantitative estimate of drug-likeness (QED) is 0.169. The van der Waals surface area contributed by atoms with E-state index in [1.807, 2.05) is 11.3 Å². The molecule has 2 heterocycles. The van der Waals surface area contributed by atoms with Gasteiger partial charge in [-0.1, -0.05) is 18.2 Å². The van der Waals surface area contributed by atoms with Crippen molar-refractivity contribution in [3.8, 4) is 0 Å². The Morgan fingerprint density at radius 2 is 2.03 bits per heavy atom. The first-order valence-corrected chi connectivity index (χ1v) is 12.2. The molecule has 0 saturated carbocycles. The summed E-state index contributed by atoms with van der Waals surface area (Å²) >= 11 is 1.87. The smallest absolute Gasteiger partial charge is 0.191 e. The predicted octanol–water partition coefficient (Wildman–Crippen LogP) is 4.56. The van der Waals surface area contributed by atoms with Crippen molar-refractivity contribution in [3.05, 3.63) is 52.2 Å². The van der Waals surface area contributed by atoms with Gasteiger partial charge >= 0.3 is 0 Å². The van der Waals surface area contributed by atoms with Crippen LogP contribution in [0.15, 0.2) is 46.8 Å². The first-order chi connectivity index (χ1) is 15.2. The molecule has 0 radical (unpaired) electrons. The minimum absolute atomic E-state index is 0. The van der Waals surface area contributed by atoms with Crippen LogP contribution in [0.25, 0.3) is 0 Å². The molecule has 0 amide bonds. The maximum absolute atomic E-state index is 5.08. The van der Waals surface area contributed by atoms with Gasteiger partial charge < -0.3 is 20.7 Å². The van der Waals surface area contributed by atoms with Gasteiger partial charge in [0.2, 0.25) is 0 Å². The van der Waals surface area contributed by atoms with Crippen LogP contribution in [0.1, 0.15) is 36.2 Å². The highest BCUT2D eigenvalue weighted by molar-refractivity contribution is 14.0. The molecule has 2 aromatic rings. The summed E-state index contributed by atoms with van der Waals surface area (Å²) in [5.41, 5.74) is 2.30. The van der Waals surface area contributed by atoms with Gasteiger partial charge in [0.25, 0.3) is 0 Å². The zero-order valence-corrected chi connectivity index (χ0v) is 22.6. The van der Waals surface area contributed by atoms with Gasteiger partial charge in [-0.3, -0.25) is 4.90 Å². The van der Waals surface area contributed by atoms with Crippen LogP contribution in [0.4, 0.5) is 5.69 Å². The van der Waals surface area contributed by atoms with Crippen LogP contribution in [-0.4, -0.2) is 57.8 Å². The first-order valence-electron chi connectivity index (χ1n) is 11.3. The number of hydrogen-bond donors (Lipinski definition) is 3. The maximum atomic E-state index is 5.08. The summed E-state index contributed by atoms with van der Waals surface area (Å²) < 4.78 is 5.08. The Morgan fingerprint density at radius 3 is 2.72 bits per heavy atom. The summed E-state index contributed by atoms with van der Waals surface area (Å²) in [6, 6.07) is 13.4. The van der Waals surface area contributed by atoms with Crippen LogP contribution >= 0.6 is 35.3 Å². The molecule has 1 aromatic carbocycles. The van der Waals surface area contributed by atoms with Crippen molar-refractivity contribution in [1.29, 1.82) is 0 Å². The lowest BCUT2D eigenvalue weighted by atomic mass is 9.88. The Balaban J connectivity index is 0.00000363. The van der Waals surface area contributed by atoms with Gasteiger partial charge in [0.15, 0.2) is 5.96 Å². The number of piperidine rings is 1. The molecule has 1 saturated heterocycles. The summed E-state index contributed by atoms with van der Waals surface area (Å²) in [6.45, 7) is 7.24. The monoisotopic (exact) mass is 571 g/mol. The molecule has 3 N–H and O–H groups in total. The minimum atomic E-state index is 0. The number of halogens is 1. The molecule has 1 aliphatic rings. The fourth-order valence-electron chi connectivity index (χ4n) is 4.15. The molecule has 1 fully saturated rings. The third-order valence-electron chi connectivity index (χ3n) is 5.73. The molecule has 2 unspecified atom stereocenters. The number of ether oxygens (including phenoxy) is 1. The average Bonchev–Trinajstić information content (AvgIpc) is 3.31. The number of guanidine groups is 1. The molecule has 0 bridgehead atoms. The summed E-state index contributed by atoms with van der Waals surface area (Å²) in [6.07, 6.45) is 2.50. The van der Waals surface area contributed by atoms with E-state index in [1.54, 1.807) is 7.11 Å². The van der Waals surface area contributed by atoms with Crippen LogP contribution in [0.5, 0.6) is 0 Å². The largest absolute Gasteiger partial charge is 0.383 e. The third-order valence-corrected chi connectivity index (χ3v) is 6.67. The zero-order chi connectivity index (χ0) is 21.9. The first kappa shape index (κ1) is 26.9. The average molecular weight is 572 g/mol. The van der Waals surface area contributed by atoms with Gasteiger partial charge in [-0.25, -0.2) is 4.99 Å². The molecule has 3 rings (SSSR count). The topological polar surface area (TPSA) is 60.9 Å². The van der Waals surface area contributed by atoms with Crippen molar-refractivity contribution in [2.75, 3.05) is 52.3 Å². The standard InChI is InChI=1S/C24H37N5OS.HI/c1-4-25-24(27-17-19-9-11-21(12-10-19)26-13-15-30-3)28-18-20-7-5-14-29(2)23(20)22-8-6-16-31-22;/h6,8-12,16,20,23,26H,4-5,7,13-15,17-18H2,1-3H3,(H2,25,27,28);1H. The number of rotatable bonds is 10. The Bertz CT molecular complexity index is 784. The lowest BCUT2D eigenvalue weighted by Crippen LogP contribution is -2.44. The Labute approximate surface area is 214 Å². The minimum Gasteiger partial charge on any atom is -0.383 e. The molecule has 1 aliphatic heterocycles. The van der Waals surface area contributed by atoms with Crippen LogP contribution in [-0.2, 0) is 11.3 Å². The molecule has 1 aromatic heterocycles. The van der Waals surface area contributed by atoms with Crippen LogP contribution in [0, 0.1) is 5.92 Å². The van der Waals surface area contributed by atoms with Crippen LogP contribution in [0.3, 0.4) is 0 Å². The van der Waals surface area contributed by atoms with E-state index in [2.05, 4.69) is 76.6 Å². The van der Waals surface area contributed by atoms with E-state index in [0.29, 0.717) is 25.1 Å². The zero-order valence-electron chi connectivity index (χ0n) is 19.5. The highest BCUT2D eigenvalue weighted by Gasteiger charge is 2.31. The van der Waals surface area contributed by atoms with E-state index < -0.39 is 0 Å². The molecule has 6 nitrogen and oxygen atoms in total. The number of nitrogens with zero attached hydrogens (tertiary/aromatic N) is 2. The van der Waals surface area contributed by atoms with Crippen molar-refractivity contribution in [2.24, 2.45) is 10.9 Å². The fraction of sp³-hybridized carbons (Fsp3) is 0.542. The van der Waals surface area contributed by atoms with E-state index in [9.17, 15) is 0 Å². The normalized spacial score (nSPS) is 19.3. The summed E-state index contributed by atoms with van der Waals surface area (Å²) in [4.78, 5) is 8.80. The predicted molar refractivity (Wildman–Crippen MR) is 147 cm³/mol. The maximum Gasteiger partial charge on any atom is 0.191 e. The number of aliphatic imine (C=N–C) groups is 1.